The van der Waals surface area contributed by atoms with Crippen molar-refractivity contribution < 1.29 is 14.4 Å². The van der Waals surface area contributed by atoms with Gasteiger partial charge in [0, 0.05) is 32.1 Å². The molecule has 5 aromatic carbocycles. The summed E-state index contributed by atoms with van der Waals surface area (Å²) in [4.78, 5) is 41.4. The lowest BCUT2D eigenvalue weighted by atomic mass is 10.1. The molecule has 10 heteroatoms. The van der Waals surface area contributed by atoms with Crippen molar-refractivity contribution in [2.75, 3.05) is 10.6 Å². The van der Waals surface area contributed by atoms with Gasteiger partial charge in [0.1, 0.15) is 22.0 Å². The molecule has 0 aliphatic rings. The molecular weight excluding hydrogens is 696 g/mol. The number of hydrogen-bond acceptors (Lipinski definition) is 6. The number of thioether (sulfide) groups is 1. The summed E-state index contributed by atoms with van der Waals surface area (Å²) >= 11 is 8.80. The molecule has 3 amide bonds. The van der Waals surface area contributed by atoms with Gasteiger partial charge in [-0.05, 0) is 65.2 Å². The van der Waals surface area contributed by atoms with E-state index in [1.54, 1.807) is 78.9 Å². The Kier molecular flexibility index (Phi) is 11.4. The summed E-state index contributed by atoms with van der Waals surface area (Å²) in [6.45, 7) is 0. The number of hydrogen-bond donors (Lipinski definition) is 3. The molecule has 7 nitrogen and oxygen atoms in total. The van der Waals surface area contributed by atoms with Crippen LogP contribution in [-0.4, -0.2) is 17.7 Å². The zero-order valence-electron chi connectivity index (χ0n) is 26.9. The lowest BCUT2D eigenvalue weighted by molar-refractivity contribution is -0.116. The highest BCUT2D eigenvalue weighted by Gasteiger charge is 2.25. The van der Waals surface area contributed by atoms with Crippen LogP contribution in [0.15, 0.2) is 155 Å². The minimum absolute atomic E-state index is 0.0184. The Labute approximate surface area is 308 Å². The summed E-state index contributed by atoms with van der Waals surface area (Å²) in [7, 11) is 0. The Bertz CT molecular complexity index is 2250. The molecule has 0 spiro atoms. The lowest BCUT2D eigenvalue weighted by Gasteiger charge is -2.17. The summed E-state index contributed by atoms with van der Waals surface area (Å²) in [5.74, 6) is -1.29. The lowest BCUT2D eigenvalue weighted by Crippen LogP contribution is -2.30. The summed E-state index contributed by atoms with van der Waals surface area (Å²) < 4.78 is 0. The first kappa shape index (κ1) is 34.9. The molecule has 0 aliphatic heterocycles. The third kappa shape index (κ3) is 9.01. The van der Waals surface area contributed by atoms with Crippen molar-refractivity contribution in [3.63, 3.8) is 0 Å². The average molecular weight is 725 g/mol. The molecular formula is C41H29ClN4O3S2. The van der Waals surface area contributed by atoms with E-state index < -0.39 is 17.1 Å². The highest BCUT2D eigenvalue weighted by molar-refractivity contribution is 8.00. The monoisotopic (exact) mass is 724 g/mol. The van der Waals surface area contributed by atoms with Crippen molar-refractivity contribution in [2.45, 2.75) is 10.1 Å². The van der Waals surface area contributed by atoms with Crippen molar-refractivity contribution in [1.29, 1.82) is 5.26 Å². The van der Waals surface area contributed by atoms with Crippen LogP contribution in [-0.2, 0) is 9.59 Å². The third-order valence-electron chi connectivity index (χ3n) is 7.60. The molecule has 0 aliphatic carbocycles. The topological polar surface area (TPSA) is 111 Å². The number of carbonyl (C=O) groups excluding carboxylic acids is 3. The van der Waals surface area contributed by atoms with E-state index in [0.29, 0.717) is 37.3 Å². The SMILES string of the molecule is N#Cc1c(-c2ccccc2)csc1NC(=O)C(Sc1cccc(NC(=O)/C(=C/c2cccc(Cl)c2)NC(=O)c2ccccc2)c1)c1ccccc1. The second kappa shape index (κ2) is 16.7. The normalized spacial score (nSPS) is 11.6. The summed E-state index contributed by atoms with van der Waals surface area (Å²) in [5, 5.41) is 20.8. The van der Waals surface area contributed by atoms with Crippen LogP contribution in [0.4, 0.5) is 10.7 Å². The highest BCUT2D eigenvalue weighted by Crippen LogP contribution is 2.40. The quantitative estimate of drug-likeness (QED) is 0.0910. The number of nitrogens with one attached hydrogen (secondary N) is 3. The standard InChI is InChI=1S/C41H29ClN4O3S2/c42-31-19-10-12-27(22-31)23-36(45-38(47)30-17-8-3-9-18-30)39(48)44-32-20-11-21-33(24-32)51-37(29-15-6-2-7-16-29)40(49)46-41-34(25-43)35(26-50-41)28-13-4-1-5-14-28/h1-24,26,37H,(H,44,48)(H,45,47)(H,46,49)/b36-23-. The summed E-state index contributed by atoms with van der Waals surface area (Å²) in [6, 6.07) is 43.9. The van der Waals surface area contributed by atoms with Gasteiger partial charge < -0.3 is 16.0 Å². The first-order valence-corrected chi connectivity index (χ1v) is 17.9. The minimum Gasteiger partial charge on any atom is -0.321 e. The van der Waals surface area contributed by atoms with Gasteiger partial charge in [0.05, 0.1) is 5.56 Å². The highest BCUT2D eigenvalue weighted by atomic mass is 35.5. The van der Waals surface area contributed by atoms with Gasteiger partial charge in [-0.15, -0.1) is 23.1 Å². The van der Waals surface area contributed by atoms with Crippen LogP contribution in [0.25, 0.3) is 17.2 Å². The van der Waals surface area contributed by atoms with Crippen LogP contribution in [0.5, 0.6) is 0 Å². The molecule has 1 unspecified atom stereocenters. The molecule has 0 fully saturated rings. The molecule has 6 aromatic rings. The number of carbonyl (C=O) groups is 3. The number of amides is 3. The predicted molar refractivity (Wildman–Crippen MR) is 207 cm³/mol. The average Bonchev–Trinajstić information content (AvgIpc) is 3.57. The van der Waals surface area contributed by atoms with Crippen LogP contribution < -0.4 is 16.0 Å². The maximum Gasteiger partial charge on any atom is 0.272 e. The molecule has 6 rings (SSSR count). The van der Waals surface area contributed by atoms with Gasteiger partial charge in [-0.1, -0.05) is 109 Å². The molecule has 250 valence electrons. The summed E-state index contributed by atoms with van der Waals surface area (Å²) in [6.07, 6.45) is 1.56. The van der Waals surface area contributed by atoms with Crippen LogP contribution in [0, 0.1) is 11.3 Å². The minimum atomic E-state index is -0.686. The molecule has 0 bridgehead atoms. The number of halogens is 1. The van der Waals surface area contributed by atoms with E-state index in [0.717, 1.165) is 16.7 Å². The van der Waals surface area contributed by atoms with E-state index >= 15 is 0 Å². The maximum absolute atomic E-state index is 13.9. The summed E-state index contributed by atoms with van der Waals surface area (Å²) in [5.41, 5.74) is 4.32. The molecule has 0 saturated heterocycles. The van der Waals surface area contributed by atoms with Gasteiger partial charge in [-0.25, -0.2) is 0 Å². The van der Waals surface area contributed by atoms with Crippen molar-refractivity contribution in [3.05, 3.63) is 178 Å². The fourth-order valence-electron chi connectivity index (χ4n) is 5.16. The Morgan fingerprint density at radius 1 is 0.784 bits per heavy atom. The Balaban J connectivity index is 1.24. The molecule has 0 radical (unpaired) electrons. The molecule has 0 saturated carbocycles. The van der Waals surface area contributed by atoms with Gasteiger partial charge in [0.2, 0.25) is 5.91 Å². The number of anilines is 2. The van der Waals surface area contributed by atoms with E-state index in [-0.39, 0.29) is 11.6 Å². The van der Waals surface area contributed by atoms with Crippen molar-refractivity contribution in [3.8, 4) is 17.2 Å². The van der Waals surface area contributed by atoms with Crippen LogP contribution in [0.1, 0.15) is 32.3 Å². The first-order valence-electron chi connectivity index (χ1n) is 15.7. The van der Waals surface area contributed by atoms with E-state index in [9.17, 15) is 19.6 Å². The Morgan fingerprint density at radius 2 is 1.47 bits per heavy atom. The molecule has 1 atom stereocenters. The van der Waals surface area contributed by atoms with Gasteiger partial charge in [-0.2, -0.15) is 5.26 Å². The van der Waals surface area contributed by atoms with Crippen LogP contribution in [0.2, 0.25) is 5.02 Å². The van der Waals surface area contributed by atoms with Crippen molar-refractivity contribution in [2.24, 2.45) is 0 Å². The molecule has 1 aromatic heterocycles. The fourth-order valence-corrected chi connectivity index (χ4v) is 7.36. The van der Waals surface area contributed by atoms with Crippen molar-refractivity contribution >= 4 is 69.2 Å². The number of nitrogens with zero attached hydrogens (tertiary/aromatic N) is 1. The van der Waals surface area contributed by atoms with Gasteiger partial charge in [-0.3, -0.25) is 14.4 Å². The third-order valence-corrected chi connectivity index (χ3v) is 9.98. The zero-order valence-corrected chi connectivity index (χ0v) is 29.3. The van der Waals surface area contributed by atoms with E-state index in [1.807, 2.05) is 72.1 Å². The van der Waals surface area contributed by atoms with Crippen molar-refractivity contribution in [1.82, 2.24) is 5.32 Å². The van der Waals surface area contributed by atoms with Gasteiger partial charge in [0.15, 0.2) is 0 Å². The number of benzene rings is 5. The molecule has 51 heavy (non-hydrogen) atoms. The van der Waals surface area contributed by atoms with Crippen LogP contribution >= 0.6 is 34.7 Å². The van der Waals surface area contributed by atoms with E-state index in [1.165, 1.54) is 23.1 Å². The second-order valence-electron chi connectivity index (χ2n) is 11.1. The first-order chi connectivity index (χ1) is 24.9. The number of rotatable bonds is 11. The van der Waals surface area contributed by atoms with E-state index in [2.05, 4.69) is 22.0 Å². The predicted octanol–water partition coefficient (Wildman–Crippen LogP) is 9.82. The largest absolute Gasteiger partial charge is 0.321 e. The Morgan fingerprint density at radius 3 is 2.18 bits per heavy atom. The smallest absolute Gasteiger partial charge is 0.272 e. The van der Waals surface area contributed by atoms with E-state index in [4.69, 9.17) is 11.6 Å². The molecule has 3 N–H and O–H groups in total. The zero-order chi connectivity index (χ0) is 35.6. The maximum atomic E-state index is 13.9. The van der Waals surface area contributed by atoms with Gasteiger partial charge >= 0.3 is 0 Å². The van der Waals surface area contributed by atoms with Gasteiger partial charge in [0.25, 0.3) is 11.8 Å². The van der Waals surface area contributed by atoms with Crippen LogP contribution in [0.3, 0.4) is 0 Å². The second-order valence-corrected chi connectivity index (χ2v) is 13.6. The fraction of sp³-hybridized carbons (Fsp3) is 0.0244. The number of thiophene rings is 1. The Hall–Kier alpha value is -5.92. The molecule has 1 heterocycles. The number of nitriles is 1.